The molecule has 3 N–H and O–H groups in total. The zero-order valence-electron chi connectivity index (χ0n) is 13.8. The molecule has 136 valence electrons. The van der Waals surface area contributed by atoms with Gasteiger partial charge in [0.25, 0.3) is 0 Å². The number of carbonyl (C=O) groups is 1. The van der Waals surface area contributed by atoms with Crippen molar-refractivity contribution in [3.63, 3.8) is 0 Å². The number of aliphatic carboxylic acids is 1. The molecule has 1 atom stereocenters. The third-order valence-electron chi connectivity index (χ3n) is 3.72. The molecule has 0 aliphatic carbocycles. The number of halogens is 2. The zero-order chi connectivity index (χ0) is 19.3. The van der Waals surface area contributed by atoms with E-state index in [1.54, 1.807) is 37.3 Å². The fourth-order valence-corrected chi connectivity index (χ4v) is 4.38. The van der Waals surface area contributed by atoms with Gasteiger partial charge < -0.3 is 20.3 Å². The number of ether oxygens (including phenoxy) is 1. The van der Waals surface area contributed by atoms with Gasteiger partial charge in [0, 0.05) is 14.8 Å². The molecule has 2 rings (SSSR count). The number of nitrogens with zero attached hydrogens (tertiary/aromatic N) is 1. The Kier molecular flexibility index (Phi) is 7.08. The molecule has 0 heterocycles. The van der Waals surface area contributed by atoms with Crippen LogP contribution in [-0.4, -0.2) is 29.4 Å². The van der Waals surface area contributed by atoms with Gasteiger partial charge in [-0.25, -0.2) is 4.79 Å². The van der Waals surface area contributed by atoms with Gasteiger partial charge in [-0.1, -0.05) is 0 Å². The van der Waals surface area contributed by atoms with Crippen molar-refractivity contribution in [2.24, 2.45) is 0 Å². The highest BCUT2D eigenvalue weighted by molar-refractivity contribution is 14.1. The zero-order valence-corrected chi connectivity index (χ0v) is 18.1. The van der Waals surface area contributed by atoms with Crippen molar-refractivity contribution in [3.05, 3.63) is 54.7 Å². The summed E-state index contributed by atoms with van der Waals surface area (Å²) in [6.45, 7) is 1.45. The fraction of sp³-hybridized carbons (Fsp3) is 0.222. The highest BCUT2D eigenvalue weighted by Gasteiger charge is 2.39. The Morgan fingerprint density at radius 3 is 2.50 bits per heavy atom. The molecule has 6 nitrogen and oxygen atoms in total. The van der Waals surface area contributed by atoms with Crippen LogP contribution in [0, 0.1) is 18.5 Å². The molecule has 1 unspecified atom stereocenters. The number of benzene rings is 2. The molecule has 0 spiro atoms. The Morgan fingerprint density at radius 1 is 1.31 bits per heavy atom. The number of nitrogens with one attached hydrogen (secondary N) is 1. The molecule has 0 bridgehead atoms. The van der Waals surface area contributed by atoms with E-state index in [0.717, 1.165) is 7.14 Å². The van der Waals surface area contributed by atoms with E-state index in [4.69, 9.17) is 15.1 Å². The molecule has 0 saturated heterocycles. The number of aliphatic hydroxyl groups is 1. The number of anilines is 1. The predicted octanol–water partition coefficient (Wildman–Crippen LogP) is 3.55. The summed E-state index contributed by atoms with van der Waals surface area (Å²) in [4.78, 5) is 12.2. The molecule has 0 saturated carbocycles. The number of carboxylic acids is 1. The van der Waals surface area contributed by atoms with Gasteiger partial charge in [0.2, 0.25) is 0 Å². The molecular formula is C18H16I2N2O4. The number of hydrogen-bond acceptors (Lipinski definition) is 5. The van der Waals surface area contributed by atoms with E-state index in [9.17, 15) is 9.90 Å². The molecule has 0 aromatic heterocycles. The first-order valence-corrected chi connectivity index (χ1v) is 9.72. The summed E-state index contributed by atoms with van der Waals surface area (Å²) >= 11 is 4.21. The largest absolute Gasteiger partial charge is 0.490 e. The third kappa shape index (κ3) is 4.57. The van der Waals surface area contributed by atoms with Crippen LogP contribution in [0.25, 0.3) is 0 Å². The average Bonchev–Trinajstić information content (AvgIpc) is 2.60. The van der Waals surface area contributed by atoms with Gasteiger partial charge in [0.05, 0.1) is 21.8 Å². The number of rotatable bonds is 7. The van der Waals surface area contributed by atoms with Crippen LogP contribution < -0.4 is 10.1 Å². The lowest BCUT2D eigenvalue weighted by Gasteiger charge is -2.30. The summed E-state index contributed by atoms with van der Waals surface area (Å²) < 4.78 is 7.26. The lowest BCUT2D eigenvalue weighted by Crippen LogP contribution is -2.41. The molecule has 2 aromatic carbocycles. The van der Waals surface area contributed by atoms with Crippen LogP contribution in [0.2, 0.25) is 0 Å². The monoisotopic (exact) mass is 578 g/mol. The van der Waals surface area contributed by atoms with Crippen molar-refractivity contribution in [1.82, 2.24) is 0 Å². The van der Waals surface area contributed by atoms with Gasteiger partial charge in [-0.15, -0.1) is 0 Å². The minimum absolute atomic E-state index is 0.0656. The number of aliphatic hydroxyl groups excluding tert-OH is 1. The van der Waals surface area contributed by atoms with Crippen molar-refractivity contribution in [2.75, 3.05) is 18.5 Å². The van der Waals surface area contributed by atoms with E-state index in [1.165, 1.54) is 0 Å². The van der Waals surface area contributed by atoms with E-state index in [1.807, 2.05) is 12.1 Å². The molecule has 0 amide bonds. The Labute approximate surface area is 178 Å². The maximum absolute atomic E-state index is 12.2. The van der Waals surface area contributed by atoms with Crippen molar-refractivity contribution in [2.45, 2.75) is 12.5 Å². The normalized spacial score (nSPS) is 12.7. The number of nitriles is 1. The SMILES string of the molecule is CC(Nc1ccc(C#N)cc1)(C(=O)O)c1cc(I)cc(I)c1OCCO. The molecule has 2 aromatic rings. The number of carboxylic acid groups (broad SMARTS) is 1. The molecular weight excluding hydrogens is 562 g/mol. The first-order valence-electron chi connectivity index (χ1n) is 7.56. The van der Waals surface area contributed by atoms with Crippen molar-refractivity contribution >= 4 is 56.8 Å². The van der Waals surface area contributed by atoms with Gasteiger partial charge in [-0.05, 0) is 88.5 Å². The molecule has 26 heavy (non-hydrogen) atoms. The van der Waals surface area contributed by atoms with Gasteiger partial charge in [-0.2, -0.15) is 5.26 Å². The quantitative estimate of drug-likeness (QED) is 0.435. The molecule has 0 aliphatic rings. The summed E-state index contributed by atoms with van der Waals surface area (Å²) in [6, 6.07) is 12.2. The summed E-state index contributed by atoms with van der Waals surface area (Å²) in [5, 5.41) is 31.0. The Balaban J connectivity index is 2.54. The van der Waals surface area contributed by atoms with Crippen molar-refractivity contribution < 1.29 is 19.7 Å². The summed E-state index contributed by atoms with van der Waals surface area (Å²) in [5.41, 5.74) is 0.0402. The van der Waals surface area contributed by atoms with Crippen LogP contribution in [0.5, 0.6) is 5.75 Å². The van der Waals surface area contributed by atoms with Gasteiger partial charge in [-0.3, -0.25) is 0 Å². The first-order chi connectivity index (χ1) is 12.3. The van der Waals surface area contributed by atoms with Crippen molar-refractivity contribution in [1.29, 1.82) is 5.26 Å². The fourth-order valence-electron chi connectivity index (χ4n) is 2.38. The second-order valence-electron chi connectivity index (χ2n) is 5.58. The van der Waals surface area contributed by atoms with Crippen LogP contribution >= 0.6 is 45.2 Å². The lowest BCUT2D eigenvalue weighted by molar-refractivity contribution is -0.142. The second-order valence-corrected chi connectivity index (χ2v) is 7.99. The smallest absolute Gasteiger partial charge is 0.333 e. The van der Waals surface area contributed by atoms with Crippen molar-refractivity contribution in [3.8, 4) is 11.8 Å². The molecule has 0 radical (unpaired) electrons. The highest BCUT2D eigenvalue weighted by atomic mass is 127. The van der Waals surface area contributed by atoms with Crippen LogP contribution in [0.1, 0.15) is 18.1 Å². The second kappa shape index (κ2) is 8.88. The van der Waals surface area contributed by atoms with E-state index >= 15 is 0 Å². The van der Waals surface area contributed by atoms with Crippen LogP contribution in [0.4, 0.5) is 5.69 Å². The topological polar surface area (TPSA) is 103 Å². The first kappa shape index (κ1) is 20.7. The Hall–Kier alpha value is -1.58. The minimum atomic E-state index is -1.47. The van der Waals surface area contributed by atoms with Crippen LogP contribution in [-0.2, 0) is 10.3 Å². The van der Waals surface area contributed by atoms with E-state index in [-0.39, 0.29) is 13.2 Å². The highest BCUT2D eigenvalue weighted by Crippen LogP contribution is 2.38. The summed E-state index contributed by atoms with van der Waals surface area (Å²) in [7, 11) is 0. The van der Waals surface area contributed by atoms with E-state index in [0.29, 0.717) is 22.6 Å². The molecule has 0 aliphatic heterocycles. The third-order valence-corrected chi connectivity index (χ3v) is 5.14. The summed E-state index contributed by atoms with van der Waals surface area (Å²) in [6.07, 6.45) is 0. The minimum Gasteiger partial charge on any atom is -0.490 e. The summed E-state index contributed by atoms with van der Waals surface area (Å²) in [5.74, 6) is -0.653. The van der Waals surface area contributed by atoms with Crippen LogP contribution in [0.3, 0.4) is 0 Å². The van der Waals surface area contributed by atoms with Gasteiger partial charge in [0.1, 0.15) is 12.4 Å². The van der Waals surface area contributed by atoms with E-state index < -0.39 is 11.5 Å². The molecule has 8 heteroatoms. The maximum Gasteiger partial charge on any atom is 0.333 e. The van der Waals surface area contributed by atoms with Gasteiger partial charge in [0.15, 0.2) is 5.54 Å². The van der Waals surface area contributed by atoms with Gasteiger partial charge >= 0.3 is 5.97 Å². The Bertz CT molecular complexity index is 850. The standard InChI is InChI=1S/C18H16I2N2O4/c1-18(17(24)25,22-13-4-2-11(10-21)3-5-13)14-8-12(19)9-15(20)16(14)26-7-6-23/h2-5,8-9,22-23H,6-7H2,1H3,(H,24,25). The average molecular weight is 578 g/mol. The predicted molar refractivity (Wildman–Crippen MR) is 114 cm³/mol. The van der Waals surface area contributed by atoms with Crippen LogP contribution in [0.15, 0.2) is 36.4 Å². The van der Waals surface area contributed by atoms with E-state index in [2.05, 4.69) is 50.5 Å². The molecule has 0 fully saturated rings. The Morgan fingerprint density at radius 2 is 1.96 bits per heavy atom. The maximum atomic E-state index is 12.2. The number of hydrogen-bond donors (Lipinski definition) is 3. The lowest BCUT2D eigenvalue weighted by atomic mass is 9.90.